The van der Waals surface area contributed by atoms with Crippen LogP contribution < -0.4 is 0 Å². The van der Waals surface area contributed by atoms with Gasteiger partial charge >= 0.3 is 7.57 Å². The van der Waals surface area contributed by atoms with E-state index in [1.807, 2.05) is 0 Å². The molecule has 0 saturated heterocycles. The fourth-order valence-electron chi connectivity index (χ4n) is 2.17. The molecule has 0 heterocycles. The van der Waals surface area contributed by atoms with Crippen LogP contribution >= 0.6 is 7.68 Å². The van der Waals surface area contributed by atoms with Crippen LogP contribution in [0.15, 0.2) is 0 Å². The molecule has 98 valence electrons. The summed E-state index contributed by atoms with van der Waals surface area (Å²) in [5.41, 5.74) is 0.344. The molecule has 17 heavy (non-hydrogen) atoms. The maximum absolute atomic E-state index is 10.7. The average molecular weight is 257 g/mol. The molecule has 4 heteroatoms. The number of ether oxygens (including phenoxy) is 1. The van der Waals surface area contributed by atoms with Crippen molar-refractivity contribution in [2.24, 2.45) is 11.3 Å². The second-order valence-electron chi connectivity index (χ2n) is 5.26. The predicted molar refractivity (Wildman–Crippen MR) is 75.9 cm³/mol. The van der Waals surface area contributed by atoms with E-state index in [1.54, 1.807) is 0 Å². The molecule has 2 atom stereocenters. The molecular formula is C13H27BO2P+. The van der Waals surface area contributed by atoms with Gasteiger partial charge in [0.15, 0.2) is 0 Å². The lowest BCUT2D eigenvalue weighted by atomic mass is 9.75. The molecule has 0 aliphatic heterocycles. The van der Waals surface area contributed by atoms with Crippen molar-refractivity contribution < 1.29 is 9.30 Å². The lowest BCUT2D eigenvalue weighted by Crippen LogP contribution is -2.22. The van der Waals surface area contributed by atoms with Crippen LogP contribution in [0.1, 0.15) is 59.8 Å². The zero-order chi connectivity index (χ0) is 13.3. The van der Waals surface area contributed by atoms with Gasteiger partial charge in [-0.1, -0.05) is 51.5 Å². The van der Waals surface area contributed by atoms with Crippen molar-refractivity contribution in [3.8, 4) is 0 Å². The van der Waals surface area contributed by atoms with Crippen LogP contribution in [0.25, 0.3) is 0 Å². The van der Waals surface area contributed by atoms with Crippen LogP contribution in [0.2, 0.25) is 0 Å². The maximum Gasteiger partial charge on any atom is 0.506 e. The second-order valence-corrected chi connectivity index (χ2v) is 6.35. The van der Waals surface area contributed by atoms with Crippen molar-refractivity contribution in [3.05, 3.63) is 0 Å². The van der Waals surface area contributed by atoms with E-state index in [0.717, 1.165) is 12.3 Å². The van der Waals surface area contributed by atoms with Crippen molar-refractivity contribution in [1.82, 2.24) is 0 Å². The summed E-state index contributed by atoms with van der Waals surface area (Å²) in [5, 5.41) is 0. The Morgan fingerprint density at radius 3 is 2.29 bits per heavy atom. The summed E-state index contributed by atoms with van der Waals surface area (Å²) in [5.74, 6) is 0.811. The fourth-order valence-corrected chi connectivity index (χ4v) is 2.48. The quantitative estimate of drug-likeness (QED) is 0.327. The van der Waals surface area contributed by atoms with E-state index in [-0.39, 0.29) is 6.35 Å². The highest BCUT2D eigenvalue weighted by molar-refractivity contribution is 7.71. The smallest absolute Gasteiger partial charge is 0.339 e. The second kappa shape index (κ2) is 9.11. The Morgan fingerprint density at radius 2 is 1.88 bits per heavy atom. The molecule has 2 nitrogen and oxygen atoms in total. The minimum atomic E-state index is -1.65. The Kier molecular flexibility index (Phi) is 9.17. The zero-order valence-electron chi connectivity index (χ0n) is 11.9. The van der Waals surface area contributed by atoms with Gasteiger partial charge in [0.1, 0.15) is 0 Å². The largest absolute Gasteiger partial charge is 0.506 e. The first kappa shape index (κ1) is 17.1. The Hall–Kier alpha value is 0.125. The van der Waals surface area contributed by atoms with E-state index in [9.17, 15) is 4.57 Å². The molecule has 0 aromatic rings. The highest BCUT2D eigenvalue weighted by Gasteiger charge is 2.25. The van der Waals surface area contributed by atoms with Gasteiger partial charge in [-0.2, -0.15) is 0 Å². The highest BCUT2D eigenvalue weighted by Crippen LogP contribution is 2.35. The zero-order valence-corrected chi connectivity index (χ0v) is 12.8. The SMILES string of the molecule is [B][P+](=O)COCCC(C)(CC)CC(CC)CC. The number of hydrogen-bond acceptors (Lipinski definition) is 2. The molecule has 0 bridgehead atoms. The lowest BCUT2D eigenvalue weighted by molar-refractivity contribution is 0.110. The van der Waals surface area contributed by atoms with Crippen LogP contribution in [0.4, 0.5) is 0 Å². The third-order valence-corrected chi connectivity index (χ3v) is 4.30. The summed E-state index contributed by atoms with van der Waals surface area (Å²) >= 11 is 0. The average Bonchev–Trinajstić information content (AvgIpc) is 2.31. The summed E-state index contributed by atoms with van der Waals surface area (Å²) in [6.45, 7) is 9.77. The van der Waals surface area contributed by atoms with E-state index < -0.39 is 7.68 Å². The van der Waals surface area contributed by atoms with E-state index >= 15 is 0 Å². The normalized spacial score (nSPS) is 15.9. The van der Waals surface area contributed by atoms with Gasteiger partial charge < -0.3 is 4.74 Å². The Labute approximate surface area is 109 Å². The molecule has 2 unspecified atom stereocenters. The van der Waals surface area contributed by atoms with Gasteiger partial charge in [-0.05, 0) is 24.2 Å². The highest BCUT2D eigenvalue weighted by atomic mass is 31.1. The van der Waals surface area contributed by atoms with Crippen LogP contribution in [-0.4, -0.2) is 20.5 Å². The molecule has 0 aliphatic rings. The van der Waals surface area contributed by atoms with Crippen LogP contribution in [0.5, 0.6) is 0 Å². The molecule has 0 aromatic carbocycles. The van der Waals surface area contributed by atoms with E-state index in [2.05, 4.69) is 27.7 Å². The monoisotopic (exact) mass is 257 g/mol. The Balaban J connectivity index is 4.04. The summed E-state index contributed by atoms with van der Waals surface area (Å²) in [6.07, 6.45) is 6.16. The van der Waals surface area contributed by atoms with Crippen molar-refractivity contribution in [1.29, 1.82) is 0 Å². The number of hydrogen-bond donors (Lipinski definition) is 0. The molecule has 0 N–H and O–H groups in total. The molecular weight excluding hydrogens is 230 g/mol. The predicted octanol–water partition coefficient (Wildman–Crippen LogP) is 4.50. The van der Waals surface area contributed by atoms with Crippen molar-refractivity contribution in [2.45, 2.75) is 59.8 Å². The van der Waals surface area contributed by atoms with Gasteiger partial charge in [0.05, 0.1) is 6.61 Å². The first-order valence-corrected chi connectivity index (χ1v) is 8.26. The molecule has 0 amide bonds. The minimum Gasteiger partial charge on any atom is -0.339 e. The summed E-state index contributed by atoms with van der Waals surface area (Å²) in [6, 6.07) is 0. The van der Waals surface area contributed by atoms with Gasteiger partial charge in [0.2, 0.25) is 6.35 Å². The van der Waals surface area contributed by atoms with Crippen LogP contribution in [0, 0.1) is 11.3 Å². The van der Waals surface area contributed by atoms with Gasteiger partial charge in [0.25, 0.3) is 7.68 Å². The van der Waals surface area contributed by atoms with Crippen LogP contribution in [0.3, 0.4) is 0 Å². The van der Waals surface area contributed by atoms with Crippen molar-refractivity contribution >= 4 is 15.2 Å². The molecule has 0 rings (SSSR count). The van der Waals surface area contributed by atoms with Crippen molar-refractivity contribution in [3.63, 3.8) is 0 Å². The first-order chi connectivity index (χ1) is 7.97. The third kappa shape index (κ3) is 7.94. The summed E-state index contributed by atoms with van der Waals surface area (Å²) in [7, 11) is 3.54. The number of rotatable bonds is 10. The summed E-state index contributed by atoms with van der Waals surface area (Å²) in [4.78, 5) is 0. The van der Waals surface area contributed by atoms with Crippen LogP contribution in [-0.2, 0) is 9.30 Å². The third-order valence-electron chi connectivity index (χ3n) is 3.86. The van der Waals surface area contributed by atoms with Gasteiger partial charge in [-0.3, -0.25) is 0 Å². The van der Waals surface area contributed by atoms with E-state index in [0.29, 0.717) is 12.0 Å². The van der Waals surface area contributed by atoms with Crippen molar-refractivity contribution in [2.75, 3.05) is 13.0 Å². The molecule has 0 saturated carbocycles. The van der Waals surface area contributed by atoms with E-state index in [1.165, 1.54) is 25.7 Å². The Morgan fingerprint density at radius 1 is 1.29 bits per heavy atom. The summed E-state index contributed by atoms with van der Waals surface area (Å²) < 4.78 is 16.0. The van der Waals surface area contributed by atoms with Gasteiger partial charge in [-0.25, -0.2) is 0 Å². The standard InChI is InChI=1S/C13H27BO2P/c1-5-12(6-2)10-13(4,7-3)8-9-16-11-17(14)15/h12H,5-11H2,1-4H3/q+1. The van der Waals surface area contributed by atoms with Gasteiger partial charge in [-0.15, -0.1) is 0 Å². The molecule has 2 radical (unpaired) electrons. The van der Waals surface area contributed by atoms with E-state index in [4.69, 9.17) is 12.3 Å². The topological polar surface area (TPSA) is 26.3 Å². The first-order valence-electron chi connectivity index (χ1n) is 6.74. The fraction of sp³-hybridized carbons (Fsp3) is 1.00. The Bertz CT molecular complexity index is 219. The lowest BCUT2D eigenvalue weighted by Gasteiger charge is -2.31. The molecule has 0 aromatic heterocycles. The maximum atomic E-state index is 10.7. The minimum absolute atomic E-state index is 0.195. The molecule has 0 fully saturated rings. The van der Waals surface area contributed by atoms with Gasteiger partial charge in [0, 0.05) is 0 Å². The molecule has 0 aliphatic carbocycles. The molecule has 0 spiro atoms.